The van der Waals surface area contributed by atoms with Gasteiger partial charge in [-0.2, -0.15) is 8.78 Å². The van der Waals surface area contributed by atoms with E-state index in [0.717, 1.165) is 48.6 Å². The van der Waals surface area contributed by atoms with Crippen LogP contribution in [0.5, 0.6) is 5.75 Å². The van der Waals surface area contributed by atoms with E-state index in [1.807, 2.05) is 6.07 Å². The maximum absolute atomic E-state index is 14.3. The number of hydrogen-bond acceptors (Lipinski definition) is 6. The number of rotatable bonds is 9. The van der Waals surface area contributed by atoms with Gasteiger partial charge in [-0.05, 0) is 72.4 Å². The first-order chi connectivity index (χ1) is 20.3. The van der Waals surface area contributed by atoms with E-state index in [1.54, 1.807) is 12.1 Å². The summed E-state index contributed by atoms with van der Waals surface area (Å²) >= 11 is 0. The van der Waals surface area contributed by atoms with Gasteiger partial charge in [0.25, 0.3) is 5.91 Å². The normalized spacial score (nSPS) is 16.4. The molecule has 222 valence electrons. The zero-order valence-corrected chi connectivity index (χ0v) is 22.3. The molecule has 0 saturated heterocycles. The van der Waals surface area contributed by atoms with Gasteiger partial charge in [0, 0.05) is 28.8 Å². The highest BCUT2D eigenvalue weighted by atomic mass is 19.3. The second-order valence-corrected chi connectivity index (χ2v) is 9.96. The van der Waals surface area contributed by atoms with Gasteiger partial charge in [-0.25, -0.2) is 4.74 Å². The predicted molar refractivity (Wildman–Crippen MR) is 143 cm³/mol. The highest BCUT2D eigenvalue weighted by Crippen LogP contribution is 2.46. The zero-order valence-electron chi connectivity index (χ0n) is 22.3. The van der Waals surface area contributed by atoms with Crippen molar-refractivity contribution in [2.45, 2.75) is 38.1 Å². The summed E-state index contributed by atoms with van der Waals surface area (Å²) in [6.45, 7) is -0.0858. The first-order valence-electron chi connectivity index (χ1n) is 13.2. The summed E-state index contributed by atoms with van der Waals surface area (Å²) in [5.41, 5.74) is 1.35. The van der Waals surface area contributed by atoms with Crippen molar-refractivity contribution in [3.05, 3.63) is 106 Å². The summed E-state index contributed by atoms with van der Waals surface area (Å²) in [7, 11) is 0. The summed E-state index contributed by atoms with van der Waals surface area (Å²) in [6.07, 6.45) is -5.72. The monoisotopic (exact) mass is 597 g/mol. The molecule has 12 heteroatoms. The largest absolute Gasteiger partial charge is 0.540 e. The van der Waals surface area contributed by atoms with E-state index in [1.165, 1.54) is 24.3 Å². The number of ketones is 2. The molecule has 2 N–H and O–H groups in total. The van der Waals surface area contributed by atoms with Gasteiger partial charge < -0.3 is 15.2 Å². The molecule has 8 nitrogen and oxygen atoms in total. The Balaban J connectivity index is 1.47. The molecular formula is C31H23F4NO7. The Hall–Kier alpha value is -4.84. The van der Waals surface area contributed by atoms with Crippen LogP contribution in [-0.4, -0.2) is 41.4 Å². The average molecular weight is 598 g/mol. The first-order valence-corrected chi connectivity index (χ1v) is 13.2. The van der Waals surface area contributed by atoms with Crippen molar-refractivity contribution >= 4 is 29.0 Å². The van der Waals surface area contributed by atoms with Crippen molar-refractivity contribution in [2.24, 2.45) is 0 Å². The van der Waals surface area contributed by atoms with Gasteiger partial charge in [0.05, 0.1) is 12.0 Å². The predicted octanol–water partition coefficient (Wildman–Crippen LogP) is 5.54. The number of halogens is 4. The number of carboxylic acids is 1. The zero-order chi connectivity index (χ0) is 30.9. The number of nitrogens with one attached hydrogen (secondary N) is 1. The Morgan fingerprint density at radius 3 is 2.21 bits per heavy atom. The van der Waals surface area contributed by atoms with Gasteiger partial charge in [0.1, 0.15) is 5.75 Å². The van der Waals surface area contributed by atoms with Crippen LogP contribution in [0.25, 0.3) is 5.57 Å². The standard InChI is InChI=1S/C31H23F4NO7/c32-30(33)24-15-22(10-11-26(24)42-31(34,35)43-30)25(37)16-23(21-9-4-17-2-1-3-20(17)14-21)28(40)18-5-7-19(8-6-18)29(41)36-13-12-27(38)39/h4-11,14-16H,1-3,12-13H2,(H,36,41)(H,38,39)/b23-16-. The highest BCUT2D eigenvalue weighted by Gasteiger charge is 2.54. The van der Waals surface area contributed by atoms with Gasteiger partial charge in [0.15, 0.2) is 11.6 Å². The number of alkyl halides is 4. The molecule has 1 amide bonds. The highest BCUT2D eigenvalue weighted by molar-refractivity contribution is 6.32. The Labute approximate surface area is 241 Å². The second-order valence-electron chi connectivity index (χ2n) is 9.96. The van der Waals surface area contributed by atoms with Crippen LogP contribution in [0.15, 0.2) is 66.7 Å². The molecule has 0 saturated carbocycles. The number of carboxylic acid groups (broad SMARTS) is 1. The number of hydrogen-bond donors (Lipinski definition) is 2. The summed E-state index contributed by atoms with van der Waals surface area (Å²) < 4.78 is 63.1. The van der Waals surface area contributed by atoms with E-state index >= 15 is 0 Å². The van der Waals surface area contributed by atoms with Crippen molar-refractivity contribution in [3.8, 4) is 5.75 Å². The number of aliphatic carboxylic acids is 1. The molecule has 2 aliphatic rings. The number of aryl methyl sites for hydroxylation is 2. The van der Waals surface area contributed by atoms with E-state index in [4.69, 9.17) is 5.11 Å². The smallest absolute Gasteiger partial charge is 0.481 e. The minimum absolute atomic E-state index is 0.0538. The summed E-state index contributed by atoms with van der Waals surface area (Å²) in [5.74, 6) is -3.93. The van der Waals surface area contributed by atoms with E-state index in [-0.39, 0.29) is 35.2 Å². The number of allylic oxidation sites excluding steroid dienone is 2. The first kappa shape index (κ1) is 29.6. The maximum Gasteiger partial charge on any atom is 0.540 e. The lowest BCUT2D eigenvalue weighted by atomic mass is 9.92. The van der Waals surface area contributed by atoms with Crippen LogP contribution < -0.4 is 10.1 Å². The number of amides is 1. The molecular weight excluding hydrogens is 574 g/mol. The van der Waals surface area contributed by atoms with Crippen LogP contribution in [0.4, 0.5) is 17.6 Å². The fraction of sp³-hybridized carbons (Fsp3) is 0.226. The van der Waals surface area contributed by atoms with Crippen molar-refractivity contribution < 1.29 is 51.3 Å². The van der Waals surface area contributed by atoms with Crippen LogP contribution >= 0.6 is 0 Å². The topological polar surface area (TPSA) is 119 Å². The molecule has 0 radical (unpaired) electrons. The number of fused-ring (bicyclic) bond motifs is 2. The SMILES string of the molecule is O=C(O)CCNC(=O)c1ccc(C(=O)/C(=C\C(=O)c2ccc3c(c2)C(F)(F)OC(F)(F)O3)c2ccc3c(c2)CCC3)cc1. The fourth-order valence-electron chi connectivity index (χ4n) is 4.90. The second kappa shape index (κ2) is 11.4. The number of Topliss-reactive ketones (excluding diaryl/α,β-unsaturated/α-hetero) is 1. The van der Waals surface area contributed by atoms with Crippen LogP contribution in [-0.2, 0) is 28.5 Å². The van der Waals surface area contributed by atoms with Crippen LogP contribution in [0.2, 0.25) is 0 Å². The Bertz CT molecular complexity index is 1670. The summed E-state index contributed by atoms with van der Waals surface area (Å²) in [4.78, 5) is 50.0. The molecule has 43 heavy (non-hydrogen) atoms. The Kier molecular flexibility index (Phi) is 7.89. The van der Waals surface area contributed by atoms with Crippen LogP contribution in [0, 0.1) is 0 Å². The van der Waals surface area contributed by atoms with Crippen LogP contribution in [0.1, 0.15) is 66.2 Å². The lowest BCUT2D eigenvalue weighted by Gasteiger charge is -2.30. The van der Waals surface area contributed by atoms with Gasteiger partial charge in [-0.3, -0.25) is 19.2 Å². The molecule has 3 aromatic carbocycles. The van der Waals surface area contributed by atoms with E-state index in [2.05, 4.69) is 14.8 Å². The minimum Gasteiger partial charge on any atom is -0.481 e. The molecule has 5 rings (SSSR count). The molecule has 0 aromatic heterocycles. The number of carbonyl (C=O) groups excluding carboxylic acids is 3. The molecule has 0 bridgehead atoms. The molecule has 1 heterocycles. The third-order valence-corrected chi connectivity index (χ3v) is 7.02. The molecule has 1 aliphatic carbocycles. The minimum atomic E-state index is -4.57. The third-order valence-electron chi connectivity index (χ3n) is 7.02. The van der Waals surface area contributed by atoms with Crippen molar-refractivity contribution in [1.29, 1.82) is 0 Å². The lowest BCUT2D eigenvalue weighted by Crippen LogP contribution is -2.41. The van der Waals surface area contributed by atoms with Crippen LogP contribution in [0.3, 0.4) is 0 Å². The van der Waals surface area contributed by atoms with Gasteiger partial charge in [-0.15, -0.1) is 8.78 Å². The van der Waals surface area contributed by atoms with Crippen molar-refractivity contribution in [2.75, 3.05) is 6.54 Å². The Morgan fingerprint density at radius 2 is 1.49 bits per heavy atom. The Morgan fingerprint density at radius 1 is 0.837 bits per heavy atom. The quantitative estimate of drug-likeness (QED) is 0.189. The van der Waals surface area contributed by atoms with Gasteiger partial charge in [-0.1, -0.05) is 30.3 Å². The van der Waals surface area contributed by atoms with Crippen molar-refractivity contribution in [3.63, 3.8) is 0 Å². The summed E-state index contributed by atoms with van der Waals surface area (Å²) in [6, 6.07) is 13.3. The van der Waals surface area contributed by atoms with Gasteiger partial charge >= 0.3 is 18.4 Å². The van der Waals surface area contributed by atoms with E-state index < -0.39 is 47.2 Å². The molecule has 1 aliphatic heterocycles. The third kappa shape index (κ3) is 6.49. The van der Waals surface area contributed by atoms with Gasteiger partial charge in [0.2, 0.25) is 0 Å². The number of benzene rings is 3. The average Bonchev–Trinajstić information content (AvgIpc) is 3.42. The maximum atomic E-state index is 14.3. The van der Waals surface area contributed by atoms with E-state index in [0.29, 0.717) is 11.6 Å². The number of carbonyl (C=O) groups is 4. The molecule has 0 atom stereocenters. The molecule has 0 unspecified atom stereocenters. The van der Waals surface area contributed by atoms with E-state index in [9.17, 15) is 36.7 Å². The molecule has 3 aromatic rings. The summed E-state index contributed by atoms with van der Waals surface area (Å²) in [5, 5.41) is 11.2. The molecule has 0 spiro atoms. The molecule has 0 fully saturated rings. The lowest BCUT2D eigenvalue weighted by molar-refractivity contribution is -0.461. The number of ether oxygens (including phenoxy) is 2. The fourth-order valence-corrected chi connectivity index (χ4v) is 4.90. The van der Waals surface area contributed by atoms with Crippen molar-refractivity contribution in [1.82, 2.24) is 5.32 Å².